The number of benzene rings is 1. The number of aldehydes is 1. The van der Waals surface area contributed by atoms with Crippen molar-refractivity contribution in [2.75, 3.05) is 0 Å². The molecule has 0 bridgehead atoms. The molecule has 2 aromatic rings. The summed E-state index contributed by atoms with van der Waals surface area (Å²) in [5.74, 6) is 0. The summed E-state index contributed by atoms with van der Waals surface area (Å²) >= 11 is 3.53. The highest BCUT2D eigenvalue weighted by molar-refractivity contribution is 9.10. The Bertz CT molecular complexity index is 502. The molecule has 0 N–H and O–H groups in total. The monoisotopic (exact) mass is 263 g/mol. The summed E-state index contributed by atoms with van der Waals surface area (Å²) in [5.41, 5.74) is 2.79. The van der Waals surface area contributed by atoms with Gasteiger partial charge in [-0.1, -0.05) is 12.1 Å². The molecule has 3 heteroatoms. The second-order valence-electron chi connectivity index (χ2n) is 3.33. The standard InChI is InChI=1S/C12H10BrNO/c1-9-4-2-6-11(12(9)13)14-7-3-5-10(14)8-15/h2-8H,1H3. The number of carbonyl (C=O) groups is 1. The highest BCUT2D eigenvalue weighted by atomic mass is 79.9. The molecule has 0 amide bonds. The fraction of sp³-hybridized carbons (Fsp3) is 0.0833. The maximum Gasteiger partial charge on any atom is 0.166 e. The van der Waals surface area contributed by atoms with Gasteiger partial charge in [-0.15, -0.1) is 0 Å². The van der Waals surface area contributed by atoms with Crippen molar-refractivity contribution in [2.45, 2.75) is 6.92 Å². The first-order valence-corrected chi connectivity index (χ1v) is 5.41. The van der Waals surface area contributed by atoms with Gasteiger partial charge in [0.2, 0.25) is 0 Å². The van der Waals surface area contributed by atoms with Crippen molar-refractivity contribution in [2.24, 2.45) is 0 Å². The van der Waals surface area contributed by atoms with E-state index in [0.29, 0.717) is 5.69 Å². The van der Waals surface area contributed by atoms with Crippen LogP contribution in [-0.2, 0) is 0 Å². The Morgan fingerprint density at radius 2 is 2.07 bits per heavy atom. The van der Waals surface area contributed by atoms with Gasteiger partial charge in [-0.2, -0.15) is 0 Å². The van der Waals surface area contributed by atoms with Crippen LogP contribution in [0.15, 0.2) is 41.0 Å². The van der Waals surface area contributed by atoms with Gasteiger partial charge in [0, 0.05) is 10.7 Å². The smallest absolute Gasteiger partial charge is 0.166 e. The van der Waals surface area contributed by atoms with Crippen LogP contribution in [0.25, 0.3) is 5.69 Å². The normalized spacial score (nSPS) is 10.3. The third-order valence-electron chi connectivity index (χ3n) is 2.33. The number of carbonyl (C=O) groups excluding carboxylic acids is 1. The van der Waals surface area contributed by atoms with Crippen LogP contribution in [0.5, 0.6) is 0 Å². The van der Waals surface area contributed by atoms with E-state index in [1.54, 1.807) is 6.07 Å². The van der Waals surface area contributed by atoms with Gasteiger partial charge in [-0.3, -0.25) is 4.79 Å². The average molecular weight is 264 g/mol. The molecule has 0 aliphatic heterocycles. The van der Waals surface area contributed by atoms with Gasteiger partial charge in [-0.25, -0.2) is 0 Å². The van der Waals surface area contributed by atoms with Crippen molar-refractivity contribution in [1.82, 2.24) is 4.57 Å². The SMILES string of the molecule is Cc1cccc(-n2cccc2C=O)c1Br. The Morgan fingerprint density at radius 1 is 1.27 bits per heavy atom. The van der Waals surface area contributed by atoms with Crippen LogP contribution < -0.4 is 0 Å². The summed E-state index contributed by atoms with van der Waals surface area (Å²) in [6.45, 7) is 2.03. The van der Waals surface area contributed by atoms with Crippen LogP contribution in [-0.4, -0.2) is 10.9 Å². The zero-order chi connectivity index (χ0) is 10.8. The number of halogens is 1. The maximum absolute atomic E-state index is 10.8. The van der Waals surface area contributed by atoms with E-state index in [9.17, 15) is 4.79 Å². The first-order valence-electron chi connectivity index (χ1n) is 4.62. The lowest BCUT2D eigenvalue weighted by Crippen LogP contribution is -1.99. The molecule has 2 rings (SSSR count). The second kappa shape index (κ2) is 4.03. The lowest BCUT2D eigenvalue weighted by molar-refractivity contribution is 0.111. The van der Waals surface area contributed by atoms with Crippen molar-refractivity contribution in [3.8, 4) is 5.69 Å². The van der Waals surface area contributed by atoms with Gasteiger partial charge < -0.3 is 4.57 Å². The van der Waals surface area contributed by atoms with E-state index in [4.69, 9.17) is 0 Å². The highest BCUT2D eigenvalue weighted by Gasteiger charge is 2.06. The molecular formula is C12H10BrNO. The van der Waals surface area contributed by atoms with Crippen molar-refractivity contribution in [3.05, 3.63) is 52.3 Å². The summed E-state index contributed by atoms with van der Waals surface area (Å²) in [7, 11) is 0. The molecule has 0 aliphatic carbocycles. The van der Waals surface area contributed by atoms with E-state index >= 15 is 0 Å². The van der Waals surface area contributed by atoms with Crippen LogP contribution >= 0.6 is 15.9 Å². The van der Waals surface area contributed by atoms with Crippen LogP contribution in [0.2, 0.25) is 0 Å². The van der Waals surface area contributed by atoms with Crippen molar-refractivity contribution >= 4 is 22.2 Å². The quantitative estimate of drug-likeness (QED) is 0.762. The van der Waals surface area contributed by atoms with E-state index in [0.717, 1.165) is 22.0 Å². The average Bonchev–Trinajstić information content (AvgIpc) is 2.70. The molecule has 0 unspecified atom stereocenters. The summed E-state index contributed by atoms with van der Waals surface area (Å²) < 4.78 is 2.88. The zero-order valence-electron chi connectivity index (χ0n) is 8.27. The number of aryl methyl sites for hydroxylation is 1. The zero-order valence-corrected chi connectivity index (χ0v) is 9.86. The Kier molecular flexibility index (Phi) is 2.73. The van der Waals surface area contributed by atoms with E-state index in [1.807, 2.05) is 42.0 Å². The Labute approximate surface area is 96.7 Å². The van der Waals surface area contributed by atoms with Crippen LogP contribution in [0, 0.1) is 6.92 Å². The molecule has 1 aromatic carbocycles. The molecule has 2 nitrogen and oxygen atoms in total. The van der Waals surface area contributed by atoms with E-state index in [1.165, 1.54) is 0 Å². The molecule has 0 fully saturated rings. The Balaban J connectivity index is 2.64. The minimum absolute atomic E-state index is 0.654. The Morgan fingerprint density at radius 3 is 2.80 bits per heavy atom. The minimum atomic E-state index is 0.654. The molecule has 0 aliphatic rings. The van der Waals surface area contributed by atoms with Crippen LogP contribution in [0.4, 0.5) is 0 Å². The molecule has 1 heterocycles. The van der Waals surface area contributed by atoms with Gasteiger partial charge in [0.05, 0.1) is 11.4 Å². The first kappa shape index (κ1) is 10.2. The van der Waals surface area contributed by atoms with Crippen molar-refractivity contribution in [3.63, 3.8) is 0 Å². The molecule has 0 saturated heterocycles. The molecule has 15 heavy (non-hydrogen) atoms. The summed E-state index contributed by atoms with van der Waals surface area (Å²) in [6, 6.07) is 9.63. The third kappa shape index (κ3) is 1.75. The maximum atomic E-state index is 10.8. The molecule has 0 atom stereocenters. The molecule has 76 valence electrons. The van der Waals surface area contributed by atoms with Gasteiger partial charge in [0.1, 0.15) is 0 Å². The lowest BCUT2D eigenvalue weighted by Gasteiger charge is -2.09. The summed E-state index contributed by atoms with van der Waals surface area (Å²) in [6.07, 6.45) is 2.73. The number of nitrogens with zero attached hydrogens (tertiary/aromatic N) is 1. The Hall–Kier alpha value is -1.35. The molecule has 0 spiro atoms. The number of hydrogen-bond acceptors (Lipinski definition) is 1. The fourth-order valence-electron chi connectivity index (χ4n) is 1.53. The fourth-order valence-corrected chi connectivity index (χ4v) is 1.98. The summed E-state index contributed by atoms with van der Waals surface area (Å²) in [5, 5.41) is 0. The highest BCUT2D eigenvalue weighted by Crippen LogP contribution is 2.25. The summed E-state index contributed by atoms with van der Waals surface area (Å²) in [4.78, 5) is 10.8. The molecule has 1 aromatic heterocycles. The lowest BCUT2D eigenvalue weighted by atomic mass is 10.2. The number of aromatic nitrogens is 1. The van der Waals surface area contributed by atoms with Gasteiger partial charge in [0.15, 0.2) is 6.29 Å². The first-order chi connectivity index (χ1) is 7.24. The second-order valence-corrected chi connectivity index (χ2v) is 4.12. The van der Waals surface area contributed by atoms with Gasteiger partial charge >= 0.3 is 0 Å². The molecule has 0 saturated carbocycles. The van der Waals surface area contributed by atoms with E-state index in [2.05, 4.69) is 15.9 Å². The van der Waals surface area contributed by atoms with Crippen LogP contribution in [0.3, 0.4) is 0 Å². The number of hydrogen-bond donors (Lipinski definition) is 0. The molecule has 0 radical (unpaired) electrons. The third-order valence-corrected chi connectivity index (χ3v) is 3.36. The van der Waals surface area contributed by atoms with E-state index in [-0.39, 0.29) is 0 Å². The van der Waals surface area contributed by atoms with Gasteiger partial charge in [-0.05, 0) is 46.6 Å². The minimum Gasteiger partial charge on any atom is -0.313 e. The van der Waals surface area contributed by atoms with E-state index < -0.39 is 0 Å². The predicted octanol–water partition coefficient (Wildman–Crippen LogP) is 3.36. The van der Waals surface area contributed by atoms with Crippen molar-refractivity contribution < 1.29 is 4.79 Å². The predicted molar refractivity (Wildman–Crippen MR) is 63.6 cm³/mol. The van der Waals surface area contributed by atoms with Crippen molar-refractivity contribution in [1.29, 1.82) is 0 Å². The largest absolute Gasteiger partial charge is 0.313 e. The topological polar surface area (TPSA) is 22.0 Å². The van der Waals surface area contributed by atoms with Gasteiger partial charge in [0.25, 0.3) is 0 Å². The number of rotatable bonds is 2. The molecular weight excluding hydrogens is 254 g/mol. The van der Waals surface area contributed by atoms with Crippen LogP contribution in [0.1, 0.15) is 16.1 Å².